The minimum atomic E-state index is -0.428. The molecule has 0 radical (unpaired) electrons. The van der Waals surface area contributed by atoms with Crippen LogP contribution in [-0.4, -0.2) is 46.0 Å². The summed E-state index contributed by atoms with van der Waals surface area (Å²) in [4.78, 5) is 19.3. The summed E-state index contributed by atoms with van der Waals surface area (Å²) in [6.45, 7) is 7.78. The summed E-state index contributed by atoms with van der Waals surface area (Å²) < 4.78 is 2.10. The average Bonchev–Trinajstić information content (AvgIpc) is 3.27. The van der Waals surface area contributed by atoms with Gasteiger partial charge in [0.15, 0.2) is 5.82 Å². The van der Waals surface area contributed by atoms with Crippen LogP contribution in [0.25, 0.3) is 0 Å². The highest BCUT2D eigenvalue weighted by atomic mass is 16.2. The van der Waals surface area contributed by atoms with E-state index in [9.17, 15) is 4.79 Å². The Kier molecular flexibility index (Phi) is 5.79. The Hall–Kier alpha value is -1.40. The van der Waals surface area contributed by atoms with Gasteiger partial charge in [0.25, 0.3) is 0 Å². The molecule has 0 spiro atoms. The molecule has 140 valence electrons. The van der Waals surface area contributed by atoms with Gasteiger partial charge in [-0.15, -0.1) is 0 Å². The van der Waals surface area contributed by atoms with Gasteiger partial charge in [-0.25, -0.2) is 4.98 Å². The number of likely N-dealkylation sites (tertiary alicyclic amines) is 1. The lowest BCUT2D eigenvalue weighted by atomic mass is 9.84. The second-order valence-corrected chi connectivity index (χ2v) is 8.37. The number of anilines is 1. The summed E-state index contributed by atoms with van der Waals surface area (Å²) in [6, 6.07) is -0.428. The van der Waals surface area contributed by atoms with E-state index in [-0.39, 0.29) is 11.4 Å². The predicted molar refractivity (Wildman–Crippen MR) is 100 cm³/mol. The van der Waals surface area contributed by atoms with Crippen LogP contribution in [0.2, 0.25) is 0 Å². The molecule has 2 heterocycles. The maximum absolute atomic E-state index is 12.5. The van der Waals surface area contributed by atoms with Gasteiger partial charge in [-0.2, -0.15) is 0 Å². The van der Waals surface area contributed by atoms with Crippen LogP contribution in [0.5, 0.6) is 0 Å². The van der Waals surface area contributed by atoms with Crippen LogP contribution < -0.4 is 11.1 Å². The molecule has 0 unspecified atom stereocenters. The topological polar surface area (TPSA) is 76.2 Å². The summed E-state index contributed by atoms with van der Waals surface area (Å²) in [5.74, 6) is 0.808. The summed E-state index contributed by atoms with van der Waals surface area (Å²) in [5.41, 5.74) is 6.14. The molecule has 1 aromatic heterocycles. The van der Waals surface area contributed by atoms with Gasteiger partial charge in [-0.1, -0.05) is 19.3 Å². The number of nitrogens with two attached hydrogens (primary N) is 1. The van der Waals surface area contributed by atoms with Crippen molar-refractivity contribution in [3.05, 3.63) is 12.5 Å². The van der Waals surface area contributed by atoms with Gasteiger partial charge in [0.1, 0.15) is 0 Å². The SMILES string of the molecule is CC(C)(CN1CCCC1)n1cnc(NC(=O)[C@@H](N)C2CCCCC2)c1. The maximum Gasteiger partial charge on any atom is 0.242 e. The van der Waals surface area contributed by atoms with Crippen molar-refractivity contribution >= 4 is 11.7 Å². The molecule has 6 heteroatoms. The van der Waals surface area contributed by atoms with Crippen LogP contribution in [0.3, 0.4) is 0 Å². The van der Waals surface area contributed by atoms with Gasteiger partial charge in [-0.3, -0.25) is 4.79 Å². The zero-order chi connectivity index (χ0) is 17.9. The third-order valence-electron chi connectivity index (χ3n) is 5.80. The fourth-order valence-corrected chi connectivity index (χ4v) is 4.20. The average molecular weight is 348 g/mol. The molecule has 3 N–H and O–H groups in total. The molecule has 1 amide bonds. The quantitative estimate of drug-likeness (QED) is 0.829. The third kappa shape index (κ3) is 4.61. The van der Waals surface area contributed by atoms with Crippen LogP contribution in [0.15, 0.2) is 12.5 Å². The van der Waals surface area contributed by atoms with Crippen molar-refractivity contribution in [1.82, 2.24) is 14.5 Å². The molecule has 2 fully saturated rings. The van der Waals surface area contributed by atoms with Gasteiger partial charge < -0.3 is 20.5 Å². The van der Waals surface area contributed by atoms with Crippen LogP contribution >= 0.6 is 0 Å². The molecule has 0 aromatic carbocycles. The molecular weight excluding hydrogens is 314 g/mol. The third-order valence-corrected chi connectivity index (χ3v) is 5.80. The van der Waals surface area contributed by atoms with E-state index >= 15 is 0 Å². The van der Waals surface area contributed by atoms with Crippen LogP contribution in [0.1, 0.15) is 58.8 Å². The van der Waals surface area contributed by atoms with Crippen LogP contribution in [0.4, 0.5) is 5.82 Å². The fraction of sp³-hybridized carbons (Fsp3) is 0.789. The summed E-state index contributed by atoms with van der Waals surface area (Å²) >= 11 is 0. The van der Waals surface area contributed by atoms with Gasteiger partial charge in [-0.05, 0) is 58.5 Å². The number of aromatic nitrogens is 2. The lowest BCUT2D eigenvalue weighted by molar-refractivity contribution is -0.118. The second-order valence-electron chi connectivity index (χ2n) is 8.37. The number of rotatable bonds is 6. The van der Waals surface area contributed by atoms with Crippen molar-refractivity contribution in [3.63, 3.8) is 0 Å². The Balaban J connectivity index is 1.57. The number of nitrogens with zero attached hydrogens (tertiary/aromatic N) is 3. The molecule has 6 nitrogen and oxygen atoms in total. The van der Waals surface area contributed by atoms with E-state index < -0.39 is 6.04 Å². The van der Waals surface area contributed by atoms with E-state index in [0.717, 1.165) is 19.4 Å². The van der Waals surface area contributed by atoms with Crippen molar-refractivity contribution < 1.29 is 4.79 Å². The number of hydrogen-bond acceptors (Lipinski definition) is 4. The Morgan fingerprint density at radius 2 is 1.96 bits per heavy atom. The highest BCUT2D eigenvalue weighted by Crippen LogP contribution is 2.26. The Labute approximate surface area is 151 Å². The van der Waals surface area contributed by atoms with Gasteiger partial charge in [0.2, 0.25) is 5.91 Å². The number of carbonyl (C=O) groups excluding carboxylic acids is 1. The highest BCUT2D eigenvalue weighted by Gasteiger charge is 2.28. The molecule has 1 atom stereocenters. The van der Waals surface area contributed by atoms with Crippen molar-refractivity contribution in [1.29, 1.82) is 0 Å². The Morgan fingerprint density at radius 1 is 1.28 bits per heavy atom. The van der Waals surface area contributed by atoms with E-state index in [1.54, 1.807) is 0 Å². The molecule has 0 bridgehead atoms. The number of imidazole rings is 1. The minimum Gasteiger partial charge on any atom is -0.328 e. The minimum absolute atomic E-state index is 0.0498. The number of nitrogens with one attached hydrogen (secondary N) is 1. The molecule has 3 rings (SSSR count). The predicted octanol–water partition coefficient (Wildman–Crippen LogP) is 2.56. The monoisotopic (exact) mass is 347 g/mol. The van der Waals surface area contributed by atoms with Crippen molar-refractivity contribution in [2.75, 3.05) is 25.0 Å². The zero-order valence-corrected chi connectivity index (χ0v) is 15.7. The molecule has 1 saturated carbocycles. The number of hydrogen-bond donors (Lipinski definition) is 2. The summed E-state index contributed by atoms with van der Waals surface area (Å²) in [6.07, 6.45) is 12.1. The lowest BCUT2D eigenvalue weighted by Crippen LogP contribution is -2.42. The zero-order valence-electron chi connectivity index (χ0n) is 15.7. The Morgan fingerprint density at radius 3 is 2.64 bits per heavy atom. The first-order chi connectivity index (χ1) is 12.0. The largest absolute Gasteiger partial charge is 0.328 e. The second kappa shape index (κ2) is 7.87. The van der Waals surface area contributed by atoms with E-state index in [2.05, 4.69) is 33.6 Å². The molecular formula is C19H33N5O. The van der Waals surface area contributed by atoms with E-state index in [0.29, 0.717) is 11.7 Å². The van der Waals surface area contributed by atoms with Gasteiger partial charge in [0, 0.05) is 12.7 Å². The van der Waals surface area contributed by atoms with E-state index in [4.69, 9.17) is 5.73 Å². The fourth-order valence-electron chi connectivity index (χ4n) is 4.20. The standard InChI is InChI=1S/C19H33N5O/c1-19(2,13-23-10-6-7-11-23)24-12-16(21-14-24)22-18(25)17(20)15-8-4-3-5-9-15/h12,14-15,17H,3-11,13,20H2,1-2H3,(H,22,25)/t17-/m0/s1. The van der Waals surface area contributed by atoms with Crippen molar-refractivity contribution in [2.45, 2.75) is 70.4 Å². The molecule has 2 aliphatic rings. The number of amides is 1. The van der Waals surface area contributed by atoms with E-state index in [1.807, 2.05) is 12.5 Å². The van der Waals surface area contributed by atoms with Crippen LogP contribution in [-0.2, 0) is 10.3 Å². The number of carbonyl (C=O) groups is 1. The first-order valence-electron chi connectivity index (χ1n) is 9.79. The molecule has 1 aromatic rings. The van der Waals surface area contributed by atoms with Crippen LogP contribution in [0, 0.1) is 5.92 Å². The summed E-state index contributed by atoms with van der Waals surface area (Å²) in [7, 11) is 0. The van der Waals surface area contributed by atoms with Gasteiger partial charge in [0.05, 0.1) is 17.9 Å². The smallest absolute Gasteiger partial charge is 0.242 e. The molecule has 1 saturated heterocycles. The van der Waals surface area contributed by atoms with Gasteiger partial charge >= 0.3 is 0 Å². The Bertz CT molecular complexity index is 570. The normalized spacial score (nSPS) is 21.4. The first kappa shape index (κ1) is 18.4. The van der Waals surface area contributed by atoms with Crippen molar-refractivity contribution in [2.24, 2.45) is 11.7 Å². The molecule has 25 heavy (non-hydrogen) atoms. The highest BCUT2D eigenvalue weighted by molar-refractivity contribution is 5.94. The first-order valence-corrected chi connectivity index (χ1v) is 9.79. The van der Waals surface area contributed by atoms with E-state index in [1.165, 1.54) is 45.2 Å². The molecule has 1 aliphatic carbocycles. The summed E-state index contributed by atoms with van der Waals surface area (Å²) in [5, 5.41) is 2.92. The maximum atomic E-state index is 12.5. The van der Waals surface area contributed by atoms with Crippen molar-refractivity contribution in [3.8, 4) is 0 Å². The lowest BCUT2D eigenvalue weighted by Gasteiger charge is -2.31. The molecule has 1 aliphatic heterocycles.